The van der Waals surface area contributed by atoms with Crippen molar-refractivity contribution in [3.8, 4) is 0 Å². The van der Waals surface area contributed by atoms with Crippen molar-refractivity contribution >= 4 is 16.9 Å². The van der Waals surface area contributed by atoms with Gasteiger partial charge in [-0.2, -0.15) is 0 Å². The summed E-state index contributed by atoms with van der Waals surface area (Å²) in [4.78, 5) is 8.52. The summed E-state index contributed by atoms with van der Waals surface area (Å²) in [6, 6.07) is 9.72. The van der Waals surface area contributed by atoms with E-state index < -0.39 is 5.66 Å². The van der Waals surface area contributed by atoms with Crippen molar-refractivity contribution in [2.45, 2.75) is 5.66 Å². The molecular weight excluding hydrogens is 226 g/mol. The minimum Gasteiger partial charge on any atom is -0.370 e. The lowest BCUT2D eigenvalue weighted by Gasteiger charge is -2.25. The Bertz CT molecular complexity index is 661. The molecular formula is C13H13N5. The van der Waals surface area contributed by atoms with Crippen molar-refractivity contribution in [3.63, 3.8) is 0 Å². The second-order valence-corrected chi connectivity index (χ2v) is 4.21. The summed E-state index contributed by atoms with van der Waals surface area (Å²) in [6.07, 6.45) is 5.25. The van der Waals surface area contributed by atoms with Crippen LogP contribution in [0.4, 0.5) is 0 Å². The Morgan fingerprint density at radius 3 is 2.94 bits per heavy atom. The van der Waals surface area contributed by atoms with E-state index in [1.54, 1.807) is 18.5 Å². The van der Waals surface area contributed by atoms with Crippen LogP contribution in [-0.4, -0.2) is 10.9 Å². The first-order valence-electron chi connectivity index (χ1n) is 5.61. The van der Waals surface area contributed by atoms with Crippen LogP contribution in [0.2, 0.25) is 0 Å². The summed E-state index contributed by atoms with van der Waals surface area (Å²) in [5, 5.41) is 3.83. The number of nitrogens with zero attached hydrogens (tertiary/aromatic N) is 2. The van der Waals surface area contributed by atoms with E-state index in [1.807, 2.05) is 30.3 Å². The van der Waals surface area contributed by atoms with Crippen LogP contribution < -0.4 is 16.8 Å². The summed E-state index contributed by atoms with van der Waals surface area (Å²) in [5.41, 5.74) is 12.8. The van der Waals surface area contributed by atoms with E-state index in [1.165, 1.54) is 0 Å². The van der Waals surface area contributed by atoms with E-state index in [0.29, 0.717) is 5.96 Å². The summed E-state index contributed by atoms with van der Waals surface area (Å²) in [6.45, 7) is 0. The zero-order valence-corrected chi connectivity index (χ0v) is 9.67. The molecule has 1 atom stereocenters. The molecule has 0 saturated heterocycles. The number of nitrogens with one attached hydrogen (secondary N) is 1. The van der Waals surface area contributed by atoms with Crippen molar-refractivity contribution in [2.24, 2.45) is 16.5 Å². The quantitative estimate of drug-likeness (QED) is 0.686. The van der Waals surface area contributed by atoms with E-state index in [4.69, 9.17) is 11.5 Å². The van der Waals surface area contributed by atoms with Crippen molar-refractivity contribution in [1.82, 2.24) is 10.3 Å². The molecule has 0 amide bonds. The maximum Gasteiger partial charge on any atom is 0.195 e. The van der Waals surface area contributed by atoms with Gasteiger partial charge in [0.1, 0.15) is 0 Å². The fourth-order valence-corrected chi connectivity index (χ4v) is 2.01. The molecule has 0 saturated carbocycles. The first-order valence-corrected chi connectivity index (χ1v) is 5.61. The summed E-state index contributed by atoms with van der Waals surface area (Å²) in [7, 11) is 0. The lowest BCUT2D eigenvalue weighted by Crippen LogP contribution is -2.42. The van der Waals surface area contributed by atoms with Crippen molar-refractivity contribution in [2.75, 3.05) is 0 Å². The topological polar surface area (TPSA) is 89.3 Å². The predicted molar refractivity (Wildman–Crippen MR) is 71.5 cm³/mol. The fourth-order valence-electron chi connectivity index (χ4n) is 2.01. The van der Waals surface area contributed by atoms with Crippen LogP contribution in [-0.2, 0) is 5.66 Å². The molecule has 1 unspecified atom stereocenters. The summed E-state index contributed by atoms with van der Waals surface area (Å²) in [5.74, 6) is 0.311. The maximum absolute atomic E-state index is 6.25. The highest BCUT2D eigenvalue weighted by Gasteiger charge is 2.26. The van der Waals surface area contributed by atoms with Crippen LogP contribution in [0, 0.1) is 0 Å². The van der Waals surface area contributed by atoms with Gasteiger partial charge in [-0.15, -0.1) is 0 Å². The molecule has 5 N–H and O–H groups in total. The van der Waals surface area contributed by atoms with Gasteiger partial charge in [-0.3, -0.25) is 10.7 Å². The third-order valence-electron chi connectivity index (χ3n) is 2.94. The number of pyridine rings is 1. The van der Waals surface area contributed by atoms with E-state index in [-0.39, 0.29) is 0 Å². The second kappa shape index (κ2) is 3.82. The maximum atomic E-state index is 6.25. The number of hydrogen-bond donors (Lipinski definition) is 3. The molecule has 0 radical (unpaired) electrons. The van der Waals surface area contributed by atoms with E-state index in [9.17, 15) is 0 Å². The van der Waals surface area contributed by atoms with Gasteiger partial charge >= 0.3 is 0 Å². The molecule has 18 heavy (non-hydrogen) atoms. The van der Waals surface area contributed by atoms with Gasteiger partial charge in [0.2, 0.25) is 0 Å². The third-order valence-corrected chi connectivity index (χ3v) is 2.94. The van der Waals surface area contributed by atoms with Crippen LogP contribution in [0.1, 0.15) is 5.56 Å². The van der Waals surface area contributed by atoms with Gasteiger partial charge in [0, 0.05) is 17.8 Å². The molecule has 0 fully saturated rings. The van der Waals surface area contributed by atoms with Crippen LogP contribution >= 0.6 is 0 Å². The Balaban J connectivity index is 2.14. The lowest BCUT2D eigenvalue weighted by atomic mass is 9.98. The Labute approximate surface area is 104 Å². The second-order valence-electron chi connectivity index (χ2n) is 4.21. The molecule has 1 aromatic heterocycles. The first-order chi connectivity index (χ1) is 8.67. The molecule has 5 heteroatoms. The number of fused-ring (bicyclic) bond motifs is 1. The number of nitrogens with two attached hydrogens (primary N) is 2. The predicted octanol–water partition coefficient (Wildman–Crippen LogP) is 0.778. The van der Waals surface area contributed by atoms with Crippen LogP contribution in [0.5, 0.6) is 0 Å². The highest BCUT2D eigenvalue weighted by molar-refractivity contribution is 5.82. The average Bonchev–Trinajstić information content (AvgIpc) is 2.38. The Hall–Kier alpha value is -2.40. The van der Waals surface area contributed by atoms with Gasteiger partial charge in [0.25, 0.3) is 0 Å². The standard InChI is InChI=1S/C13H13N5/c14-12-17-7-5-13(15,18-12)10-3-4-11-9(8-10)2-1-6-16-11/h1-8H,15H2,(H3,14,17,18). The smallest absolute Gasteiger partial charge is 0.195 e. The SMILES string of the molecule is NC1=NC(N)(c2ccc3ncccc3c2)C=CN1. The fraction of sp³-hybridized carbons (Fsp3) is 0.0769. The van der Waals surface area contributed by atoms with Gasteiger partial charge in [0.05, 0.1) is 5.52 Å². The van der Waals surface area contributed by atoms with Gasteiger partial charge in [-0.1, -0.05) is 12.1 Å². The van der Waals surface area contributed by atoms with Crippen LogP contribution in [0.3, 0.4) is 0 Å². The molecule has 90 valence electrons. The molecule has 2 heterocycles. The number of guanidine groups is 1. The Morgan fingerprint density at radius 2 is 2.11 bits per heavy atom. The summed E-state index contributed by atoms with van der Waals surface area (Å²) < 4.78 is 0. The molecule has 5 nitrogen and oxygen atoms in total. The number of aromatic nitrogens is 1. The minimum atomic E-state index is -0.917. The molecule has 2 aromatic rings. The molecule has 1 aliphatic heterocycles. The minimum absolute atomic E-state index is 0.311. The zero-order valence-electron chi connectivity index (χ0n) is 9.67. The van der Waals surface area contributed by atoms with Gasteiger partial charge in [-0.25, -0.2) is 4.99 Å². The van der Waals surface area contributed by atoms with Crippen LogP contribution in [0.25, 0.3) is 10.9 Å². The van der Waals surface area contributed by atoms with Crippen molar-refractivity contribution < 1.29 is 0 Å². The van der Waals surface area contributed by atoms with Gasteiger partial charge < -0.3 is 11.1 Å². The monoisotopic (exact) mass is 239 g/mol. The molecule has 3 rings (SSSR count). The zero-order chi connectivity index (χ0) is 12.6. The average molecular weight is 239 g/mol. The number of aliphatic imine (C=N–C) groups is 1. The molecule has 1 aromatic carbocycles. The number of rotatable bonds is 1. The largest absolute Gasteiger partial charge is 0.370 e. The van der Waals surface area contributed by atoms with E-state index in [0.717, 1.165) is 16.5 Å². The van der Waals surface area contributed by atoms with Crippen LogP contribution in [0.15, 0.2) is 53.8 Å². The molecule has 1 aliphatic rings. The van der Waals surface area contributed by atoms with Gasteiger partial charge in [-0.05, 0) is 29.8 Å². The van der Waals surface area contributed by atoms with Gasteiger partial charge in [0.15, 0.2) is 11.6 Å². The molecule has 0 bridgehead atoms. The van der Waals surface area contributed by atoms with Crippen molar-refractivity contribution in [1.29, 1.82) is 0 Å². The Morgan fingerprint density at radius 1 is 1.22 bits per heavy atom. The first kappa shape index (κ1) is 10.7. The third kappa shape index (κ3) is 1.70. The highest BCUT2D eigenvalue weighted by atomic mass is 15.2. The highest BCUT2D eigenvalue weighted by Crippen LogP contribution is 2.25. The van der Waals surface area contributed by atoms with E-state index in [2.05, 4.69) is 15.3 Å². The molecule has 0 aliphatic carbocycles. The lowest BCUT2D eigenvalue weighted by molar-refractivity contribution is 0.582. The van der Waals surface area contributed by atoms with E-state index >= 15 is 0 Å². The number of hydrogen-bond acceptors (Lipinski definition) is 5. The van der Waals surface area contributed by atoms with Crippen molar-refractivity contribution in [3.05, 3.63) is 54.4 Å². The molecule has 0 spiro atoms. The Kier molecular flexibility index (Phi) is 2.28. The number of benzene rings is 1. The summed E-state index contributed by atoms with van der Waals surface area (Å²) >= 11 is 0. The normalized spacial score (nSPS) is 22.6.